The summed E-state index contributed by atoms with van der Waals surface area (Å²) in [5, 5.41) is 11.9. The Morgan fingerprint density at radius 2 is 1.86 bits per heavy atom. The smallest absolute Gasteiger partial charge is 0.239 e. The normalized spacial score (nSPS) is 21.1. The molecule has 1 amide bonds. The van der Waals surface area contributed by atoms with E-state index < -0.39 is 6.04 Å². The summed E-state index contributed by atoms with van der Waals surface area (Å²) in [6.07, 6.45) is 2.46. The van der Waals surface area contributed by atoms with Crippen molar-refractivity contribution in [2.75, 3.05) is 33.2 Å². The molecule has 0 saturated carbocycles. The molecule has 1 unspecified atom stereocenters. The van der Waals surface area contributed by atoms with Gasteiger partial charge in [-0.2, -0.15) is 0 Å². The standard InChI is InChI=1S/C21H30FN5O/c1-14-3-8-18(25-2)19(14)20(24)26-9-11-27(12-10-26)21(28)17(23)13-15-4-6-16(22)7-5-15/h4-7,14,17,24-25H,3,8-13,23H2,1-2H3/t14-,17?/m1/s1. The lowest BCUT2D eigenvalue weighted by Gasteiger charge is -2.38. The van der Waals surface area contributed by atoms with Crippen LogP contribution in [0.3, 0.4) is 0 Å². The summed E-state index contributed by atoms with van der Waals surface area (Å²) in [5.41, 5.74) is 9.23. The van der Waals surface area contributed by atoms with Gasteiger partial charge in [-0.15, -0.1) is 0 Å². The zero-order valence-electron chi connectivity index (χ0n) is 16.7. The molecule has 0 spiro atoms. The Hall–Kier alpha value is -2.41. The van der Waals surface area contributed by atoms with Crippen LogP contribution in [-0.2, 0) is 11.2 Å². The van der Waals surface area contributed by atoms with Gasteiger partial charge in [0, 0.05) is 44.5 Å². The second kappa shape index (κ2) is 8.73. The van der Waals surface area contributed by atoms with Gasteiger partial charge in [0.05, 0.1) is 6.04 Å². The Kier molecular flexibility index (Phi) is 6.34. The summed E-state index contributed by atoms with van der Waals surface area (Å²) >= 11 is 0. The molecule has 4 N–H and O–H groups in total. The summed E-state index contributed by atoms with van der Waals surface area (Å²) in [6.45, 7) is 4.58. The van der Waals surface area contributed by atoms with Crippen molar-refractivity contribution in [1.82, 2.24) is 15.1 Å². The molecule has 0 radical (unpaired) electrons. The van der Waals surface area contributed by atoms with Gasteiger partial charge < -0.3 is 20.9 Å². The molecular weight excluding hydrogens is 357 g/mol. The van der Waals surface area contributed by atoms with E-state index in [1.807, 2.05) is 7.05 Å². The molecule has 0 bridgehead atoms. The Morgan fingerprint density at radius 3 is 2.46 bits per heavy atom. The SMILES string of the molecule is CNC1=C(C(=N)N2CCN(C(=O)C(N)Cc3ccc(F)cc3)CC2)[C@H](C)CC1. The van der Waals surface area contributed by atoms with E-state index in [1.54, 1.807) is 17.0 Å². The number of nitrogens with one attached hydrogen (secondary N) is 2. The Labute approximate surface area is 166 Å². The van der Waals surface area contributed by atoms with Crippen molar-refractivity contribution in [2.45, 2.75) is 32.2 Å². The number of rotatable bonds is 5. The summed E-state index contributed by atoms with van der Waals surface area (Å²) in [5.74, 6) is 0.589. The van der Waals surface area contributed by atoms with Crippen molar-refractivity contribution < 1.29 is 9.18 Å². The first-order valence-electron chi connectivity index (χ1n) is 9.94. The Bertz CT molecular complexity index is 753. The van der Waals surface area contributed by atoms with Gasteiger partial charge in [-0.05, 0) is 42.9 Å². The fourth-order valence-electron chi connectivity index (χ4n) is 4.09. The highest BCUT2D eigenvalue weighted by molar-refractivity contribution is 5.97. The van der Waals surface area contributed by atoms with E-state index in [0.29, 0.717) is 44.4 Å². The average Bonchev–Trinajstić information content (AvgIpc) is 3.09. The van der Waals surface area contributed by atoms with Gasteiger partial charge >= 0.3 is 0 Å². The molecule has 28 heavy (non-hydrogen) atoms. The summed E-state index contributed by atoms with van der Waals surface area (Å²) < 4.78 is 13.0. The molecule has 1 fully saturated rings. The van der Waals surface area contributed by atoms with E-state index in [2.05, 4.69) is 17.1 Å². The number of hydrogen-bond acceptors (Lipinski definition) is 4. The van der Waals surface area contributed by atoms with Gasteiger partial charge in [0.1, 0.15) is 11.7 Å². The number of piperazine rings is 1. The van der Waals surface area contributed by atoms with E-state index in [-0.39, 0.29) is 11.7 Å². The van der Waals surface area contributed by atoms with E-state index in [4.69, 9.17) is 11.1 Å². The average molecular weight is 388 g/mol. The maximum absolute atomic E-state index is 13.0. The van der Waals surface area contributed by atoms with Gasteiger partial charge in [0.25, 0.3) is 0 Å². The first kappa shape index (κ1) is 20.3. The fourth-order valence-corrected chi connectivity index (χ4v) is 4.09. The summed E-state index contributed by atoms with van der Waals surface area (Å²) in [4.78, 5) is 16.5. The molecule has 2 atom stereocenters. The van der Waals surface area contributed by atoms with Crippen LogP contribution in [0.2, 0.25) is 0 Å². The first-order chi connectivity index (χ1) is 13.4. The molecular formula is C21H30FN5O. The third kappa shape index (κ3) is 4.35. The third-order valence-electron chi connectivity index (χ3n) is 5.80. The molecule has 1 aromatic rings. The van der Waals surface area contributed by atoms with Crippen molar-refractivity contribution >= 4 is 11.7 Å². The van der Waals surface area contributed by atoms with Crippen molar-refractivity contribution in [3.63, 3.8) is 0 Å². The number of nitrogens with zero attached hydrogens (tertiary/aromatic N) is 2. The molecule has 6 nitrogen and oxygen atoms in total. The first-order valence-corrected chi connectivity index (χ1v) is 9.94. The molecule has 1 saturated heterocycles. The lowest BCUT2D eigenvalue weighted by atomic mass is 10.0. The minimum absolute atomic E-state index is 0.0835. The molecule has 1 heterocycles. The Morgan fingerprint density at radius 1 is 1.25 bits per heavy atom. The number of amidine groups is 1. The monoisotopic (exact) mass is 387 g/mol. The van der Waals surface area contributed by atoms with Crippen LogP contribution in [0.1, 0.15) is 25.3 Å². The molecule has 1 aliphatic heterocycles. The number of halogens is 1. The number of carbonyl (C=O) groups excluding carboxylic acids is 1. The quantitative estimate of drug-likeness (QED) is 0.531. The molecule has 3 rings (SSSR count). The van der Waals surface area contributed by atoms with Crippen LogP contribution in [0.5, 0.6) is 0 Å². The number of allylic oxidation sites excluding steroid dienone is 1. The molecule has 0 aromatic heterocycles. The van der Waals surface area contributed by atoms with E-state index in [0.717, 1.165) is 29.7 Å². The lowest BCUT2D eigenvalue weighted by molar-refractivity contribution is -0.133. The zero-order valence-corrected chi connectivity index (χ0v) is 16.7. The van der Waals surface area contributed by atoms with Crippen LogP contribution < -0.4 is 11.1 Å². The van der Waals surface area contributed by atoms with Gasteiger partial charge in [-0.1, -0.05) is 19.1 Å². The number of carbonyl (C=O) groups is 1. The summed E-state index contributed by atoms with van der Waals surface area (Å²) in [7, 11) is 1.92. The summed E-state index contributed by atoms with van der Waals surface area (Å²) in [6, 6.07) is 5.46. The number of benzene rings is 1. The van der Waals surface area contributed by atoms with Gasteiger partial charge in [0.2, 0.25) is 5.91 Å². The van der Waals surface area contributed by atoms with Crippen LogP contribution in [0.25, 0.3) is 0 Å². The largest absolute Gasteiger partial charge is 0.391 e. The molecule has 1 aromatic carbocycles. The third-order valence-corrected chi connectivity index (χ3v) is 5.80. The minimum atomic E-state index is -0.634. The van der Waals surface area contributed by atoms with Gasteiger partial charge in [0.15, 0.2) is 0 Å². The molecule has 1 aliphatic carbocycles. The molecule has 2 aliphatic rings. The van der Waals surface area contributed by atoms with E-state index >= 15 is 0 Å². The van der Waals surface area contributed by atoms with E-state index in [1.165, 1.54) is 12.1 Å². The highest BCUT2D eigenvalue weighted by Gasteiger charge is 2.31. The van der Waals surface area contributed by atoms with Crippen LogP contribution in [0.15, 0.2) is 35.5 Å². The van der Waals surface area contributed by atoms with Crippen molar-refractivity contribution in [2.24, 2.45) is 11.7 Å². The predicted molar refractivity (Wildman–Crippen MR) is 108 cm³/mol. The zero-order chi connectivity index (χ0) is 20.3. The predicted octanol–water partition coefficient (Wildman–Crippen LogP) is 1.72. The topological polar surface area (TPSA) is 85.5 Å². The number of nitrogens with two attached hydrogens (primary N) is 1. The second-order valence-corrected chi connectivity index (χ2v) is 7.68. The second-order valence-electron chi connectivity index (χ2n) is 7.68. The number of hydrogen-bond donors (Lipinski definition) is 3. The number of amides is 1. The van der Waals surface area contributed by atoms with Crippen molar-refractivity contribution in [3.8, 4) is 0 Å². The van der Waals surface area contributed by atoms with Crippen LogP contribution in [0, 0.1) is 17.1 Å². The molecule has 152 valence electrons. The van der Waals surface area contributed by atoms with Gasteiger partial charge in [-0.25, -0.2) is 4.39 Å². The van der Waals surface area contributed by atoms with Gasteiger partial charge in [-0.3, -0.25) is 10.2 Å². The molecule has 7 heteroatoms. The fraction of sp³-hybridized carbons (Fsp3) is 0.524. The minimum Gasteiger partial charge on any atom is -0.391 e. The lowest BCUT2D eigenvalue weighted by Crippen LogP contribution is -2.55. The van der Waals surface area contributed by atoms with Crippen LogP contribution in [0.4, 0.5) is 4.39 Å². The highest BCUT2D eigenvalue weighted by Crippen LogP contribution is 2.31. The van der Waals surface area contributed by atoms with Crippen molar-refractivity contribution in [1.29, 1.82) is 5.41 Å². The van der Waals surface area contributed by atoms with Crippen LogP contribution >= 0.6 is 0 Å². The Balaban J connectivity index is 1.55. The van der Waals surface area contributed by atoms with Crippen molar-refractivity contribution in [3.05, 3.63) is 46.9 Å². The maximum Gasteiger partial charge on any atom is 0.239 e. The maximum atomic E-state index is 13.0. The van der Waals surface area contributed by atoms with Crippen LogP contribution in [-0.4, -0.2) is 60.8 Å². The van der Waals surface area contributed by atoms with E-state index in [9.17, 15) is 9.18 Å². The highest BCUT2D eigenvalue weighted by atomic mass is 19.1.